The van der Waals surface area contributed by atoms with E-state index in [1.54, 1.807) is 0 Å². The number of pyridine rings is 1. The van der Waals surface area contributed by atoms with Gasteiger partial charge in [-0.25, -0.2) is 0 Å². The average Bonchev–Trinajstić information content (AvgIpc) is 2.54. The second kappa shape index (κ2) is 6.97. The van der Waals surface area contributed by atoms with Gasteiger partial charge in [0.05, 0.1) is 11.1 Å². The van der Waals surface area contributed by atoms with Gasteiger partial charge < -0.3 is 10.2 Å². The third kappa shape index (κ3) is 3.56. The summed E-state index contributed by atoms with van der Waals surface area (Å²) in [7, 11) is 1.99. The highest BCUT2D eigenvalue weighted by Crippen LogP contribution is 2.25. The number of amides is 1. The smallest absolute Gasteiger partial charge is 0.254 e. The number of halogens is 1. The standard InChI is InChI=1S/C18H22BrN3O/c1-12-9-16(15-4-3-14(19)10-17(15)21-12)18(23)22-7-5-13(6-8-22)11-20-2/h3-4,9-10,13,20H,5-8,11H2,1-2H3. The van der Waals surface area contributed by atoms with Gasteiger partial charge in [0.15, 0.2) is 0 Å². The molecule has 0 radical (unpaired) electrons. The molecule has 1 aliphatic rings. The van der Waals surface area contributed by atoms with Crippen molar-refractivity contribution in [2.24, 2.45) is 5.92 Å². The molecule has 1 aromatic carbocycles. The molecule has 23 heavy (non-hydrogen) atoms. The van der Waals surface area contributed by atoms with Crippen LogP contribution in [0.3, 0.4) is 0 Å². The van der Waals surface area contributed by atoms with Crippen LogP contribution in [0, 0.1) is 12.8 Å². The Morgan fingerprint density at radius 2 is 2.09 bits per heavy atom. The predicted molar refractivity (Wildman–Crippen MR) is 96.7 cm³/mol. The minimum Gasteiger partial charge on any atom is -0.339 e. The van der Waals surface area contributed by atoms with Gasteiger partial charge in [0, 0.05) is 28.6 Å². The Bertz CT molecular complexity index is 718. The first-order valence-electron chi connectivity index (χ1n) is 8.09. The summed E-state index contributed by atoms with van der Waals surface area (Å²) in [4.78, 5) is 19.5. The van der Waals surface area contributed by atoms with Crippen molar-refractivity contribution in [3.63, 3.8) is 0 Å². The molecule has 1 aromatic heterocycles. The van der Waals surface area contributed by atoms with Crippen molar-refractivity contribution in [3.05, 3.63) is 40.0 Å². The molecule has 1 fully saturated rings. The zero-order valence-corrected chi connectivity index (χ0v) is 15.2. The predicted octanol–water partition coefficient (Wildman–Crippen LogP) is 3.38. The van der Waals surface area contributed by atoms with E-state index in [9.17, 15) is 4.79 Å². The van der Waals surface area contributed by atoms with Crippen molar-refractivity contribution < 1.29 is 4.79 Å². The molecule has 1 saturated heterocycles. The number of rotatable bonds is 3. The Kier molecular flexibility index (Phi) is 4.97. The quantitative estimate of drug-likeness (QED) is 0.894. The van der Waals surface area contributed by atoms with Crippen molar-refractivity contribution >= 4 is 32.7 Å². The lowest BCUT2D eigenvalue weighted by atomic mass is 9.96. The Morgan fingerprint density at radius 1 is 1.35 bits per heavy atom. The number of piperidine rings is 1. The van der Waals surface area contributed by atoms with E-state index in [1.807, 2.05) is 43.1 Å². The molecule has 0 aliphatic carbocycles. The first kappa shape index (κ1) is 16.4. The fraction of sp³-hybridized carbons (Fsp3) is 0.444. The fourth-order valence-electron chi connectivity index (χ4n) is 3.31. The van der Waals surface area contributed by atoms with Gasteiger partial charge in [-0.15, -0.1) is 0 Å². The zero-order valence-electron chi connectivity index (χ0n) is 13.6. The van der Waals surface area contributed by atoms with Gasteiger partial charge in [0.2, 0.25) is 0 Å². The van der Waals surface area contributed by atoms with Gasteiger partial charge in [-0.05, 0) is 57.5 Å². The summed E-state index contributed by atoms with van der Waals surface area (Å²) in [6.07, 6.45) is 2.14. The minimum atomic E-state index is 0.130. The van der Waals surface area contributed by atoms with E-state index in [0.29, 0.717) is 5.92 Å². The number of hydrogen-bond acceptors (Lipinski definition) is 3. The maximum atomic E-state index is 13.0. The van der Waals surface area contributed by atoms with Gasteiger partial charge in [0.25, 0.3) is 5.91 Å². The number of carbonyl (C=O) groups excluding carboxylic acids is 1. The second-order valence-electron chi connectivity index (χ2n) is 6.27. The SMILES string of the molecule is CNCC1CCN(C(=O)c2cc(C)nc3cc(Br)ccc23)CC1. The molecule has 3 rings (SSSR count). The third-order valence-electron chi connectivity index (χ3n) is 4.52. The van der Waals surface area contributed by atoms with E-state index < -0.39 is 0 Å². The van der Waals surface area contributed by atoms with E-state index >= 15 is 0 Å². The molecule has 1 N–H and O–H groups in total. The number of hydrogen-bond donors (Lipinski definition) is 1. The van der Waals surface area contributed by atoms with E-state index in [-0.39, 0.29) is 5.91 Å². The van der Waals surface area contributed by atoms with Crippen molar-refractivity contribution in [3.8, 4) is 0 Å². The van der Waals surface area contributed by atoms with Crippen molar-refractivity contribution in [1.82, 2.24) is 15.2 Å². The summed E-state index contributed by atoms with van der Waals surface area (Å²) in [5, 5.41) is 4.17. The number of nitrogens with one attached hydrogen (secondary N) is 1. The molecule has 0 unspecified atom stereocenters. The number of aryl methyl sites for hydroxylation is 1. The molecule has 122 valence electrons. The van der Waals surface area contributed by atoms with E-state index in [2.05, 4.69) is 26.2 Å². The van der Waals surface area contributed by atoms with Crippen molar-refractivity contribution in [2.75, 3.05) is 26.7 Å². The number of carbonyl (C=O) groups is 1. The lowest BCUT2D eigenvalue weighted by molar-refractivity contribution is 0.0692. The average molecular weight is 376 g/mol. The minimum absolute atomic E-state index is 0.130. The van der Waals surface area contributed by atoms with Crippen LogP contribution in [0.1, 0.15) is 28.9 Å². The van der Waals surface area contributed by atoms with Crippen LogP contribution in [0.25, 0.3) is 10.9 Å². The molecule has 2 aromatic rings. The van der Waals surface area contributed by atoms with Crippen LogP contribution in [-0.4, -0.2) is 42.5 Å². The van der Waals surface area contributed by atoms with Crippen molar-refractivity contribution in [1.29, 1.82) is 0 Å². The van der Waals surface area contributed by atoms with Crippen LogP contribution in [-0.2, 0) is 0 Å². The maximum Gasteiger partial charge on any atom is 0.254 e. The summed E-state index contributed by atoms with van der Waals surface area (Å²) in [6.45, 7) is 4.65. The summed E-state index contributed by atoms with van der Waals surface area (Å²) in [5.41, 5.74) is 2.52. The molecule has 0 bridgehead atoms. The zero-order chi connectivity index (χ0) is 16.4. The molecule has 1 aliphatic heterocycles. The van der Waals surface area contributed by atoms with Gasteiger partial charge in [-0.3, -0.25) is 9.78 Å². The normalized spacial score (nSPS) is 16.0. The van der Waals surface area contributed by atoms with Crippen molar-refractivity contribution in [2.45, 2.75) is 19.8 Å². The van der Waals surface area contributed by atoms with Gasteiger partial charge >= 0.3 is 0 Å². The third-order valence-corrected chi connectivity index (χ3v) is 5.02. The highest BCUT2D eigenvalue weighted by atomic mass is 79.9. The highest BCUT2D eigenvalue weighted by molar-refractivity contribution is 9.10. The van der Waals surface area contributed by atoms with Crippen LogP contribution in [0.5, 0.6) is 0 Å². The monoisotopic (exact) mass is 375 g/mol. The molecule has 0 saturated carbocycles. The first-order valence-corrected chi connectivity index (χ1v) is 8.88. The van der Waals surface area contributed by atoms with Crippen LogP contribution in [0.4, 0.5) is 0 Å². The molecule has 5 heteroatoms. The molecule has 1 amide bonds. The molecular weight excluding hydrogens is 354 g/mol. The first-order chi connectivity index (χ1) is 11.1. The Labute approximate surface area is 145 Å². The summed E-state index contributed by atoms with van der Waals surface area (Å²) >= 11 is 3.48. The molecule has 4 nitrogen and oxygen atoms in total. The highest BCUT2D eigenvalue weighted by Gasteiger charge is 2.24. The summed E-state index contributed by atoms with van der Waals surface area (Å²) in [6, 6.07) is 7.83. The number of likely N-dealkylation sites (tertiary alicyclic amines) is 1. The Morgan fingerprint density at radius 3 is 2.78 bits per heavy atom. The number of benzene rings is 1. The number of nitrogens with zero attached hydrogens (tertiary/aromatic N) is 2. The number of aromatic nitrogens is 1. The van der Waals surface area contributed by atoms with Gasteiger partial charge in [-0.1, -0.05) is 22.0 Å². The Balaban J connectivity index is 1.87. The van der Waals surface area contributed by atoms with Crippen LogP contribution in [0.2, 0.25) is 0 Å². The van der Waals surface area contributed by atoms with E-state index in [0.717, 1.165) is 59.1 Å². The van der Waals surface area contributed by atoms with Gasteiger partial charge in [0.1, 0.15) is 0 Å². The Hall–Kier alpha value is -1.46. The second-order valence-corrected chi connectivity index (χ2v) is 7.18. The molecular formula is C18H22BrN3O. The molecule has 0 atom stereocenters. The lowest BCUT2D eigenvalue weighted by Crippen LogP contribution is -2.40. The van der Waals surface area contributed by atoms with Crippen LogP contribution >= 0.6 is 15.9 Å². The molecule has 0 spiro atoms. The van der Waals surface area contributed by atoms with E-state index in [4.69, 9.17) is 0 Å². The summed E-state index contributed by atoms with van der Waals surface area (Å²) in [5.74, 6) is 0.807. The summed E-state index contributed by atoms with van der Waals surface area (Å²) < 4.78 is 0.981. The van der Waals surface area contributed by atoms with Crippen LogP contribution < -0.4 is 5.32 Å². The van der Waals surface area contributed by atoms with E-state index in [1.165, 1.54) is 0 Å². The number of fused-ring (bicyclic) bond motifs is 1. The largest absolute Gasteiger partial charge is 0.339 e. The maximum absolute atomic E-state index is 13.0. The topological polar surface area (TPSA) is 45.2 Å². The fourth-order valence-corrected chi connectivity index (χ4v) is 3.66. The van der Waals surface area contributed by atoms with Crippen LogP contribution in [0.15, 0.2) is 28.7 Å². The lowest BCUT2D eigenvalue weighted by Gasteiger charge is -2.32. The van der Waals surface area contributed by atoms with Gasteiger partial charge in [-0.2, -0.15) is 0 Å². The molecule has 2 heterocycles.